The van der Waals surface area contributed by atoms with E-state index in [2.05, 4.69) is 6.07 Å². The third-order valence-electron chi connectivity index (χ3n) is 7.59. The molecule has 2 aliphatic rings. The Balaban J connectivity index is 0.000000169. The van der Waals surface area contributed by atoms with Crippen LogP contribution in [0.15, 0.2) is 36.4 Å². The second-order valence-electron chi connectivity index (χ2n) is 10.2. The van der Waals surface area contributed by atoms with Crippen LogP contribution in [0, 0.1) is 24.0 Å². The Morgan fingerprint density at radius 2 is 1.29 bits per heavy atom. The maximum Gasteiger partial charge on any atom is 0.348 e. The van der Waals surface area contributed by atoms with Gasteiger partial charge in [-0.1, -0.05) is 24.3 Å². The first-order chi connectivity index (χ1) is 20.1. The molecule has 218 valence electrons. The number of fused-ring (bicyclic) bond motifs is 6. The summed E-state index contributed by atoms with van der Waals surface area (Å²) in [5.74, 6) is -0.557. The van der Waals surface area contributed by atoms with Crippen LogP contribution in [-0.4, -0.2) is 30.1 Å². The Labute approximate surface area is 252 Å². The Kier molecular flexibility index (Phi) is 8.47. The van der Waals surface area contributed by atoms with Gasteiger partial charge in [-0.15, -0.1) is 22.7 Å². The van der Waals surface area contributed by atoms with Crippen molar-refractivity contribution in [3.05, 3.63) is 89.6 Å². The summed E-state index contributed by atoms with van der Waals surface area (Å²) in [6.45, 7) is 8.12. The number of nitrogens with two attached hydrogens (primary N) is 1. The van der Waals surface area contributed by atoms with Crippen LogP contribution in [0.2, 0.25) is 0 Å². The summed E-state index contributed by atoms with van der Waals surface area (Å²) < 4.78 is 10.1. The zero-order valence-corrected chi connectivity index (χ0v) is 25.6. The molecule has 0 spiro atoms. The molecular weight excluding hydrogens is 572 g/mol. The first-order valence-corrected chi connectivity index (χ1v) is 15.5. The van der Waals surface area contributed by atoms with Gasteiger partial charge in [-0.2, -0.15) is 0 Å². The predicted molar refractivity (Wildman–Crippen MR) is 167 cm³/mol. The van der Waals surface area contributed by atoms with Crippen molar-refractivity contribution in [2.45, 2.75) is 53.4 Å². The smallest absolute Gasteiger partial charge is 0.348 e. The third kappa shape index (κ3) is 5.44. The number of thiophene rings is 2. The van der Waals surface area contributed by atoms with Crippen LogP contribution >= 0.6 is 22.7 Å². The molecule has 0 atom stereocenters. The summed E-state index contributed by atoms with van der Waals surface area (Å²) in [6.07, 6.45) is 3.21. The molecule has 2 aromatic heterocycles. The summed E-state index contributed by atoms with van der Waals surface area (Å²) in [4.78, 5) is 38.1. The highest BCUT2D eigenvalue weighted by Gasteiger charge is 2.29. The number of rotatable bonds is 5. The van der Waals surface area contributed by atoms with E-state index in [-0.39, 0.29) is 22.5 Å². The van der Waals surface area contributed by atoms with Crippen molar-refractivity contribution in [2.24, 2.45) is 0 Å². The number of nitrogens with zero attached hydrogens (tertiary/aromatic N) is 1. The molecule has 0 saturated carbocycles. The van der Waals surface area contributed by atoms with E-state index in [1.807, 2.05) is 38.1 Å². The second kappa shape index (κ2) is 12.1. The summed E-state index contributed by atoms with van der Waals surface area (Å²) in [6, 6.07) is 11.7. The van der Waals surface area contributed by atoms with E-state index in [4.69, 9.17) is 15.2 Å². The van der Waals surface area contributed by atoms with Gasteiger partial charge in [0.2, 0.25) is 0 Å². The van der Waals surface area contributed by atoms with Gasteiger partial charge in [-0.25, -0.2) is 9.59 Å². The van der Waals surface area contributed by atoms with Crippen molar-refractivity contribution < 1.29 is 24.0 Å². The first-order valence-electron chi connectivity index (χ1n) is 13.9. The van der Waals surface area contributed by atoms with E-state index in [1.165, 1.54) is 44.2 Å². The normalized spacial score (nSPS) is 12.6. The van der Waals surface area contributed by atoms with E-state index in [1.54, 1.807) is 19.9 Å². The highest BCUT2D eigenvalue weighted by atomic mass is 32.1. The molecule has 4 aromatic rings. The van der Waals surface area contributed by atoms with E-state index >= 15 is 0 Å². The lowest BCUT2D eigenvalue weighted by Crippen LogP contribution is -2.06. The number of carbonyl (C=O) groups is 2. The molecule has 2 heterocycles. The second-order valence-corrected chi connectivity index (χ2v) is 12.3. The van der Waals surface area contributed by atoms with E-state index in [0.29, 0.717) is 41.4 Å². The highest BCUT2D eigenvalue weighted by Crippen LogP contribution is 2.44. The predicted octanol–water partition coefficient (Wildman–Crippen LogP) is 7.49. The summed E-state index contributed by atoms with van der Waals surface area (Å²) in [5, 5.41) is 11.3. The number of esters is 2. The quantitative estimate of drug-likeness (QED) is 0.108. The molecule has 0 amide bonds. The maximum atomic E-state index is 11.9. The lowest BCUT2D eigenvalue weighted by atomic mass is 9.88. The molecule has 0 radical (unpaired) electrons. The van der Waals surface area contributed by atoms with Gasteiger partial charge in [0.1, 0.15) is 9.75 Å². The lowest BCUT2D eigenvalue weighted by Gasteiger charge is -2.19. The van der Waals surface area contributed by atoms with Crippen LogP contribution < -0.4 is 5.73 Å². The molecular formula is C32H32N2O6S2. The van der Waals surface area contributed by atoms with E-state index in [0.717, 1.165) is 45.7 Å². The number of hydrogen-bond donors (Lipinski definition) is 1. The van der Waals surface area contributed by atoms with Gasteiger partial charge in [0.25, 0.3) is 5.69 Å². The molecule has 2 N–H and O–H groups in total. The van der Waals surface area contributed by atoms with Gasteiger partial charge < -0.3 is 15.2 Å². The number of aryl methyl sites for hydroxylation is 4. The third-order valence-corrected chi connectivity index (χ3v) is 9.97. The minimum absolute atomic E-state index is 0.203. The van der Waals surface area contributed by atoms with Gasteiger partial charge >= 0.3 is 11.9 Å². The summed E-state index contributed by atoms with van der Waals surface area (Å²) in [5.41, 5.74) is 15.4. The molecule has 2 aromatic carbocycles. The highest BCUT2D eigenvalue weighted by molar-refractivity contribution is 7.18. The van der Waals surface area contributed by atoms with Gasteiger partial charge in [-0.05, 0) is 93.3 Å². The topological polar surface area (TPSA) is 122 Å². The van der Waals surface area contributed by atoms with E-state index in [9.17, 15) is 19.7 Å². The molecule has 0 bridgehead atoms. The molecule has 42 heavy (non-hydrogen) atoms. The zero-order chi connectivity index (χ0) is 30.1. The standard InChI is InChI=1S/C16H15NO4S.C16H17NO2S/c1-3-21-16(18)13-8-10-5-7-11-12(15(10)22-13)6-4-9(2)14(11)17(19)20;1-3-19-16(18)13-8-10-5-7-11-12(15(10)20-13)6-4-9(2)14(11)17/h4,6,8H,3,5,7H2,1-2H3;4,6,8H,3,5,7,17H2,1-2H3. The average Bonchev–Trinajstić information content (AvgIpc) is 3.60. The number of anilines is 1. The lowest BCUT2D eigenvalue weighted by molar-refractivity contribution is -0.386. The van der Waals surface area contributed by atoms with Crippen LogP contribution in [0.4, 0.5) is 11.4 Å². The number of carbonyl (C=O) groups excluding carboxylic acids is 2. The van der Waals surface area contributed by atoms with Gasteiger partial charge in [0, 0.05) is 32.1 Å². The Morgan fingerprint density at radius 3 is 1.79 bits per heavy atom. The van der Waals surface area contributed by atoms with Crippen LogP contribution in [0.5, 0.6) is 0 Å². The maximum absolute atomic E-state index is 11.9. The first kappa shape index (κ1) is 29.5. The van der Waals surface area contributed by atoms with Crippen molar-refractivity contribution in [1.82, 2.24) is 0 Å². The fourth-order valence-electron chi connectivity index (χ4n) is 5.55. The monoisotopic (exact) mass is 604 g/mol. The van der Waals surface area contributed by atoms with Gasteiger partial charge in [0.05, 0.1) is 18.1 Å². The fourth-order valence-corrected chi connectivity index (χ4v) is 7.86. The van der Waals surface area contributed by atoms with Gasteiger partial charge in [-0.3, -0.25) is 10.1 Å². The van der Waals surface area contributed by atoms with Crippen LogP contribution in [0.3, 0.4) is 0 Å². The van der Waals surface area contributed by atoms with Gasteiger partial charge in [0.15, 0.2) is 0 Å². The number of benzene rings is 2. The molecule has 6 rings (SSSR count). The minimum atomic E-state index is -0.329. The summed E-state index contributed by atoms with van der Waals surface area (Å²) in [7, 11) is 0. The van der Waals surface area contributed by atoms with Crippen molar-refractivity contribution in [1.29, 1.82) is 0 Å². The number of nitrogen functional groups attached to an aromatic ring is 1. The number of ether oxygens (including phenoxy) is 2. The molecule has 0 unspecified atom stereocenters. The molecule has 8 nitrogen and oxygen atoms in total. The molecule has 2 aliphatic carbocycles. The molecule has 0 aliphatic heterocycles. The van der Waals surface area contributed by atoms with E-state index < -0.39 is 0 Å². The Bertz CT molecular complexity index is 1720. The number of nitro benzene ring substituents is 1. The zero-order valence-electron chi connectivity index (χ0n) is 24.0. The van der Waals surface area contributed by atoms with Crippen LogP contribution in [-0.2, 0) is 35.2 Å². The van der Waals surface area contributed by atoms with Crippen molar-refractivity contribution in [3.8, 4) is 20.9 Å². The summed E-state index contributed by atoms with van der Waals surface area (Å²) >= 11 is 2.87. The van der Waals surface area contributed by atoms with Crippen molar-refractivity contribution in [3.63, 3.8) is 0 Å². The van der Waals surface area contributed by atoms with Crippen molar-refractivity contribution >= 4 is 46.0 Å². The molecule has 0 fully saturated rings. The fraction of sp³-hybridized carbons (Fsp3) is 0.312. The number of nitro groups is 1. The van der Waals surface area contributed by atoms with Crippen molar-refractivity contribution in [2.75, 3.05) is 18.9 Å². The SMILES string of the molecule is CCOC(=O)c1cc2c(s1)-c1ccc(C)c(N)c1CC2.CCOC(=O)c1cc2c(s1)-c1ccc(C)c([N+](=O)[O-])c1CC2. The Hall–Kier alpha value is -4.02. The van der Waals surface area contributed by atoms with Crippen LogP contribution in [0.25, 0.3) is 20.9 Å². The average molecular weight is 605 g/mol. The number of hydrogen-bond acceptors (Lipinski definition) is 9. The molecule has 10 heteroatoms. The molecule has 0 saturated heterocycles. The van der Waals surface area contributed by atoms with Crippen LogP contribution in [0.1, 0.15) is 66.6 Å². The Morgan fingerprint density at radius 1 is 0.810 bits per heavy atom. The minimum Gasteiger partial charge on any atom is -0.462 e. The largest absolute Gasteiger partial charge is 0.462 e.